The Hall–Kier alpha value is -5.41. The number of nitrogens with one attached hydrogen (secondary N) is 2. The van der Waals surface area contributed by atoms with Crippen LogP contribution in [-0.4, -0.2) is 80.5 Å². The fraction of sp³-hybridized carbons (Fsp3) is 0.444. The normalized spacial score (nSPS) is 29.4. The summed E-state index contributed by atoms with van der Waals surface area (Å²) >= 11 is 0. The molecule has 0 unspecified atom stereocenters. The summed E-state index contributed by atoms with van der Waals surface area (Å²) < 4.78 is 23.6. The number of phenolic OH excluding ortho intramolecular Hbond substituents is 3. The average Bonchev–Trinajstić information content (AvgIpc) is 3.47. The number of amides is 1. The first kappa shape index (κ1) is 44.7. The lowest BCUT2D eigenvalue weighted by atomic mass is 9.78. The predicted molar refractivity (Wildman–Crippen MR) is 221 cm³/mol. The molecule has 7 N–H and O–H groups in total. The number of rotatable bonds is 6. The average molecular weight is 817 g/mol. The first-order valence-corrected chi connectivity index (χ1v) is 19.7. The molecule has 0 fully saturated rings. The topological polar surface area (TPSA) is 213 Å². The van der Waals surface area contributed by atoms with Gasteiger partial charge in [0.15, 0.2) is 5.75 Å². The van der Waals surface area contributed by atoms with Crippen LogP contribution in [0.2, 0.25) is 0 Å². The van der Waals surface area contributed by atoms with E-state index in [9.17, 15) is 39.9 Å². The number of hydrogen-bond acceptors (Lipinski definition) is 13. The number of aliphatic hydroxyl groups excluding tert-OH is 2. The van der Waals surface area contributed by atoms with Gasteiger partial charge in [-0.1, -0.05) is 76.3 Å². The number of methoxy groups -OCH3 is 1. The van der Waals surface area contributed by atoms with Crippen LogP contribution in [-0.2, 0) is 36.9 Å². The lowest BCUT2D eigenvalue weighted by molar-refractivity contribution is -0.160. The summed E-state index contributed by atoms with van der Waals surface area (Å²) in [4.78, 5) is 40.5. The summed E-state index contributed by atoms with van der Waals surface area (Å²) in [6, 6.07) is 9.42. The Kier molecular flexibility index (Phi) is 13.8. The smallest absolute Gasteiger partial charge is 0.312 e. The molecule has 59 heavy (non-hydrogen) atoms. The van der Waals surface area contributed by atoms with Gasteiger partial charge >= 0.3 is 11.8 Å². The quantitative estimate of drug-likeness (QED) is 0.0860. The molecular weight excluding hydrogens is 760 g/mol. The maximum Gasteiger partial charge on any atom is 0.312 e. The fourth-order valence-corrected chi connectivity index (χ4v) is 7.89. The third-order valence-corrected chi connectivity index (χ3v) is 11.6. The van der Waals surface area contributed by atoms with E-state index in [1.54, 1.807) is 39.8 Å². The summed E-state index contributed by atoms with van der Waals surface area (Å²) in [6.45, 7) is 12.8. The second-order valence-corrected chi connectivity index (χ2v) is 15.8. The molecule has 3 aliphatic rings. The molecule has 5 bridgehead atoms. The van der Waals surface area contributed by atoms with Gasteiger partial charge in [-0.15, -0.1) is 0 Å². The van der Waals surface area contributed by atoms with Crippen molar-refractivity contribution in [1.82, 2.24) is 5.32 Å². The number of anilines is 1. The number of ketones is 1. The van der Waals surface area contributed by atoms with E-state index in [1.165, 1.54) is 53.2 Å². The van der Waals surface area contributed by atoms with E-state index in [2.05, 4.69) is 10.6 Å². The van der Waals surface area contributed by atoms with Crippen molar-refractivity contribution < 1.29 is 58.9 Å². The molecule has 6 rings (SSSR count). The van der Waals surface area contributed by atoms with Crippen LogP contribution in [0.4, 0.5) is 5.69 Å². The van der Waals surface area contributed by atoms with Crippen molar-refractivity contribution in [2.75, 3.05) is 12.4 Å². The molecule has 3 heterocycles. The van der Waals surface area contributed by atoms with Crippen molar-refractivity contribution in [3.63, 3.8) is 0 Å². The second kappa shape index (κ2) is 18.2. The van der Waals surface area contributed by atoms with Crippen LogP contribution < -0.4 is 15.4 Å². The second-order valence-electron chi connectivity index (χ2n) is 15.8. The molecule has 0 aromatic heterocycles. The summed E-state index contributed by atoms with van der Waals surface area (Å²) in [5.41, 5.74) is 0.853. The number of Topliss-reactive ketones (excluding diaryl/α,β-unsaturated/α-hetero) is 1. The Morgan fingerprint density at radius 1 is 0.898 bits per heavy atom. The minimum atomic E-state index is -2.03. The number of esters is 1. The highest BCUT2D eigenvalue weighted by atomic mass is 16.7. The molecule has 14 heteroatoms. The summed E-state index contributed by atoms with van der Waals surface area (Å²) in [7, 11) is 1.44. The number of aliphatic hydroxyl groups is 2. The molecule has 0 saturated heterocycles. The van der Waals surface area contributed by atoms with Crippen molar-refractivity contribution in [3.05, 3.63) is 88.7 Å². The SMILES string of the molecule is CO[C@H]1C=CO[C@@]2(C)Oc3c(C)c(O)c4c(O)c(c(CNCc5ccccc5)c(O)c4c3C2=O)NC(=O)/C(C)=C\C=C/[C@H](C)[C@H](O)[C@@H](C)[C@@H](O)[C@@H](C)[C@H](OC(C)=O)[C@@H]1C. The first-order valence-electron chi connectivity index (χ1n) is 19.7. The Morgan fingerprint density at radius 3 is 2.22 bits per heavy atom. The van der Waals surface area contributed by atoms with Crippen molar-refractivity contribution in [2.24, 2.45) is 23.7 Å². The molecule has 1 amide bonds. The zero-order valence-corrected chi connectivity index (χ0v) is 34.9. The zero-order valence-electron chi connectivity index (χ0n) is 34.9. The molecule has 318 valence electrons. The van der Waals surface area contributed by atoms with Crippen LogP contribution in [0.15, 0.2) is 66.5 Å². The highest BCUT2D eigenvalue weighted by Gasteiger charge is 2.50. The highest BCUT2D eigenvalue weighted by molar-refractivity contribution is 6.22. The van der Waals surface area contributed by atoms with E-state index < -0.39 is 88.8 Å². The molecule has 0 radical (unpaired) electrons. The molecule has 3 aromatic rings. The minimum absolute atomic E-state index is 0.0301. The predicted octanol–water partition coefficient (Wildman–Crippen LogP) is 6.04. The maximum atomic E-state index is 14.4. The van der Waals surface area contributed by atoms with Crippen LogP contribution in [0.5, 0.6) is 23.0 Å². The van der Waals surface area contributed by atoms with Gasteiger partial charge in [0.25, 0.3) is 11.7 Å². The molecule has 0 spiro atoms. The molecule has 14 nitrogen and oxygen atoms in total. The lowest BCUT2D eigenvalue weighted by Crippen LogP contribution is -2.46. The summed E-state index contributed by atoms with van der Waals surface area (Å²) in [5, 5.41) is 63.8. The number of carbonyl (C=O) groups excluding carboxylic acids is 3. The van der Waals surface area contributed by atoms with Crippen LogP contribution in [0, 0.1) is 30.6 Å². The zero-order chi connectivity index (χ0) is 43.5. The number of phenols is 3. The monoisotopic (exact) mass is 816 g/mol. The van der Waals surface area contributed by atoms with E-state index >= 15 is 0 Å². The molecule has 3 aromatic carbocycles. The lowest BCUT2D eigenvalue weighted by Gasteiger charge is -2.38. The summed E-state index contributed by atoms with van der Waals surface area (Å²) in [5.74, 6) is -8.14. The Bertz CT molecular complexity index is 2170. The van der Waals surface area contributed by atoms with Crippen molar-refractivity contribution in [1.29, 1.82) is 0 Å². The molecule has 0 saturated carbocycles. The van der Waals surface area contributed by atoms with E-state index in [-0.39, 0.29) is 51.0 Å². The van der Waals surface area contributed by atoms with Crippen molar-refractivity contribution in [3.8, 4) is 23.0 Å². The first-order chi connectivity index (χ1) is 27.8. The van der Waals surface area contributed by atoms with Gasteiger partial charge in [-0.25, -0.2) is 0 Å². The molecule has 9 atom stereocenters. The Balaban J connectivity index is 1.68. The standard InChI is InChI=1S/C45H56N2O12/c1-22-14-13-15-23(2)44(55)47-35-30(21-46-20-29-16-11-10-12-17-29)39(52)32-33(40(35)53)38(51)27(6)42-34(32)43(54)45(8,59-42)57-19-18-31(56-9)24(3)41(58-28(7)48)26(5)37(50)25(4)36(22)49/h10-19,22,24-26,31,36-37,41,46,49-53H,20-21H2,1-9H3,(H,47,55)/b14-13-,19-18?,23-15-/t22-,24+,25+,26+,31-,36-,37+,41+,45-/m0/s1. The number of fused-ring (bicyclic) bond motifs is 14. The number of carbonyl (C=O) groups is 3. The van der Waals surface area contributed by atoms with Gasteiger partial charge in [-0.2, -0.15) is 0 Å². The van der Waals surface area contributed by atoms with Crippen LogP contribution in [0.25, 0.3) is 10.8 Å². The molecule has 3 aliphatic heterocycles. The van der Waals surface area contributed by atoms with Crippen LogP contribution in [0.1, 0.15) is 75.5 Å². The maximum absolute atomic E-state index is 14.4. The fourth-order valence-electron chi connectivity index (χ4n) is 7.89. The summed E-state index contributed by atoms with van der Waals surface area (Å²) in [6.07, 6.45) is 3.61. The van der Waals surface area contributed by atoms with Crippen molar-refractivity contribution in [2.45, 2.75) is 98.7 Å². The van der Waals surface area contributed by atoms with E-state index in [4.69, 9.17) is 18.9 Å². The Labute approximate surface area is 344 Å². The van der Waals surface area contributed by atoms with Gasteiger partial charge < -0.3 is 55.1 Å². The Morgan fingerprint density at radius 2 is 1.58 bits per heavy atom. The van der Waals surface area contributed by atoms with Gasteiger partial charge in [0, 0.05) is 79.8 Å². The van der Waals surface area contributed by atoms with Crippen molar-refractivity contribution >= 4 is 34.1 Å². The number of aromatic hydroxyl groups is 3. The number of hydrogen-bond donors (Lipinski definition) is 7. The van der Waals surface area contributed by atoms with E-state index in [1.807, 2.05) is 30.3 Å². The number of benzene rings is 3. The number of allylic oxidation sites excluding steroid dienone is 2. The van der Waals surface area contributed by atoms with Crippen LogP contribution >= 0.6 is 0 Å². The van der Waals surface area contributed by atoms with Gasteiger partial charge in [0.1, 0.15) is 23.4 Å². The van der Waals surface area contributed by atoms with Crippen LogP contribution in [0.3, 0.4) is 0 Å². The molecule has 0 aliphatic carbocycles. The third-order valence-electron chi connectivity index (χ3n) is 11.6. The number of ether oxygens (including phenoxy) is 4. The van der Waals surface area contributed by atoms with E-state index in [0.29, 0.717) is 6.54 Å². The highest BCUT2D eigenvalue weighted by Crippen LogP contribution is 2.55. The van der Waals surface area contributed by atoms with E-state index in [0.717, 1.165) is 5.56 Å². The van der Waals surface area contributed by atoms with Gasteiger partial charge in [0.05, 0.1) is 41.2 Å². The van der Waals surface area contributed by atoms with Gasteiger partial charge in [-0.05, 0) is 25.5 Å². The minimum Gasteiger partial charge on any atom is -0.507 e. The third kappa shape index (κ3) is 8.96. The largest absolute Gasteiger partial charge is 0.507 e. The molecular formula is C45H56N2O12. The van der Waals surface area contributed by atoms with Gasteiger partial charge in [-0.3, -0.25) is 14.4 Å². The van der Waals surface area contributed by atoms with Gasteiger partial charge in [0.2, 0.25) is 0 Å².